The number of hydrogen-bond donors (Lipinski definition) is 1. The fourth-order valence-corrected chi connectivity index (χ4v) is 3.19. The minimum atomic E-state index is -0.252. The average Bonchev–Trinajstić information content (AvgIpc) is 2.51. The van der Waals surface area contributed by atoms with E-state index < -0.39 is 0 Å². The molecule has 0 fully saturated rings. The van der Waals surface area contributed by atoms with Crippen LogP contribution in [-0.4, -0.2) is 11.4 Å². The number of amides is 1. The molecule has 1 N–H and O–H groups in total. The normalized spacial score (nSPS) is 11.9. The maximum atomic E-state index is 12.5. The summed E-state index contributed by atoms with van der Waals surface area (Å²) in [5.41, 5.74) is 1.67. The Balaban J connectivity index is 1.93. The van der Waals surface area contributed by atoms with Crippen LogP contribution in [-0.2, 0) is 6.61 Å². The maximum Gasteiger partial charge on any atom is 0.251 e. The summed E-state index contributed by atoms with van der Waals surface area (Å²) < 4.78 is 5.76. The zero-order valence-electron chi connectivity index (χ0n) is 15.9. The van der Waals surface area contributed by atoms with E-state index in [2.05, 4.69) is 39.9 Å². The Kier molecular flexibility index (Phi) is 5.89. The lowest BCUT2D eigenvalue weighted by molar-refractivity contribution is 0.0891. The Labute approximate surface area is 151 Å². The molecule has 0 aromatic heterocycles. The van der Waals surface area contributed by atoms with E-state index >= 15 is 0 Å². The quantitative estimate of drug-likeness (QED) is 0.784. The highest BCUT2D eigenvalue weighted by atomic mass is 16.5. The highest BCUT2D eigenvalue weighted by molar-refractivity contribution is 5.94. The van der Waals surface area contributed by atoms with Gasteiger partial charge in [0.25, 0.3) is 5.91 Å². The second-order valence-electron chi connectivity index (χ2n) is 8.37. The van der Waals surface area contributed by atoms with Crippen LogP contribution in [0.15, 0.2) is 54.6 Å². The van der Waals surface area contributed by atoms with Crippen LogP contribution in [0.1, 0.15) is 57.0 Å². The van der Waals surface area contributed by atoms with Crippen molar-refractivity contribution in [2.75, 3.05) is 0 Å². The second kappa shape index (κ2) is 7.73. The van der Waals surface area contributed by atoms with Gasteiger partial charge in [-0.2, -0.15) is 0 Å². The highest BCUT2D eigenvalue weighted by Gasteiger charge is 2.27. The lowest BCUT2D eigenvalue weighted by atomic mass is 9.81. The van der Waals surface area contributed by atoms with Crippen molar-refractivity contribution in [3.05, 3.63) is 65.7 Å². The van der Waals surface area contributed by atoms with Gasteiger partial charge in [0.2, 0.25) is 0 Å². The molecule has 0 heterocycles. The fraction of sp³-hybridized carbons (Fsp3) is 0.409. The molecule has 0 aliphatic heterocycles. The molecule has 0 radical (unpaired) electrons. The number of hydrogen-bond acceptors (Lipinski definition) is 2. The summed E-state index contributed by atoms with van der Waals surface area (Å²) in [5.74, 6) is 0.707. The van der Waals surface area contributed by atoms with Crippen molar-refractivity contribution in [1.29, 1.82) is 0 Å². The Bertz CT molecular complexity index is 682. The number of nitrogens with one attached hydrogen (secondary N) is 1. The van der Waals surface area contributed by atoms with Crippen molar-refractivity contribution in [3.8, 4) is 5.75 Å². The van der Waals surface area contributed by atoms with E-state index in [1.807, 2.05) is 54.6 Å². The van der Waals surface area contributed by atoms with E-state index in [9.17, 15) is 4.79 Å². The zero-order valence-corrected chi connectivity index (χ0v) is 15.9. The minimum Gasteiger partial charge on any atom is -0.489 e. The summed E-state index contributed by atoms with van der Waals surface area (Å²) in [6, 6.07) is 17.3. The zero-order chi connectivity index (χ0) is 18.5. The van der Waals surface area contributed by atoms with Crippen molar-refractivity contribution >= 4 is 5.91 Å². The third kappa shape index (κ3) is 6.61. The largest absolute Gasteiger partial charge is 0.489 e. The first-order valence-electron chi connectivity index (χ1n) is 8.74. The summed E-state index contributed by atoms with van der Waals surface area (Å²) in [5, 5.41) is 3.13. The first-order valence-corrected chi connectivity index (χ1v) is 8.74. The van der Waals surface area contributed by atoms with Crippen LogP contribution >= 0.6 is 0 Å². The molecule has 2 aromatic rings. The standard InChI is InChI=1S/C22H29NO2/c1-21(2,3)16-22(4,5)23-20(24)18-11-13-19(14-12-18)25-15-17-9-7-6-8-10-17/h6-14H,15-16H2,1-5H3,(H,23,24). The van der Waals surface area contributed by atoms with Crippen molar-refractivity contribution in [2.24, 2.45) is 5.41 Å². The van der Waals surface area contributed by atoms with Gasteiger partial charge in [-0.25, -0.2) is 0 Å². The Morgan fingerprint density at radius 1 is 0.920 bits per heavy atom. The smallest absolute Gasteiger partial charge is 0.251 e. The Morgan fingerprint density at radius 2 is 1.52 bits per heavy atom. The number of benzene rings is 2. The number of rotatable bonds is 6. The SMILES string of the molecule is CC(C)(C)CC(C)(C)NC(=O)c1ccc(OCc2ccccc2)cc1. The van der Waals surface area contributed by atoms with E-state index in [0.29, 0.717) is 12.2 Å². The van der Waals surface area contributed by atoms with Crippen LogP contribution in [0.4, 0.5) is 0 Å². The average molecular weight is 339 g/mol. The van der Waals surface area contributed by atoms with Gasteiger partial charge >= 0.3 is 0 Å². The predicted octanol–water partition coefficient (Wildman–Crippen LogP) is 5.21. The number of carbonyl (C=O) groups excluding carboxylic acids is 1. The van der Waals surface area contributed by atoms with Crippen molar-refractivity contribution in [1.82, 2.24) is 5.32 Å². The molecule has 0 unspecified atom stereocenters. The van der Waals surface area contributed by atoms with Crippen LogP contribution < -0.4 is 10.1 Å². The van der Waals surface area contributed by atoms with Crippen LogP contribution in [0.3, 0.4) is 0 Å². The highest BCUT2D eigenvalue weighted by Crippen LogP contribution is 2.27. The topological polar surface area (TPSA) is 38.3 Å². The molecule has 25 heavy (non-hydrogen) atoms. The molecule has 0 bridgehead atoms. The third-order valence-corrected chi connectivity index (χ3v) is 3.79. The summed E-state index contributed by atoms with van der Waals surface area (Å²) in [7, 11) is 0. The van der Waals surface area contributed by atoms with Crippen LogP contribution in [0.2, 0.25) is 0 Å². The first kappa shape index (κ1) is 19.0. The molecule has 134 valence electrons. The molecule has 0 saturated heterocycles. The molecular weight excluding hydrogens is 310 g/mol. The third-order valence-electron chi connectivity index (χ3n) is 3.79. The van der Waals surface area contributed by atoms with Crippen LogP contribution in [0.25, 0.3) is 0 Å². The molecule has 0 saturated carbocycles. The second-order valence-corrected chi connectivity index (χ2v) is 8.37. The molecule has 1 amide bonds. The van der Waals surface area contributed by atoms with Gasteiger partial charge in [-0.15, -0.1) is 0 Å². The van der Waals surface area contributed by atoms with Crippen molar-refractivity contribution in [3.63, 3.8) is 0 Å². The van der Waals surface area contributed by atoms with Crippen molar-refractivity contribution < 1.29 is 9.53 Å². The lowest BCUT2D eigenvalue weighted by Gasteiger charge is -2.33. The van der Waals surface area contributed by atoms with Crippen LogP contribution in [0, 0.1) is 5.41 Å². The molecule has 2 rings (SSSR count). The monoisotopic (exact) mass is 339 g/mol. The summed E-state index contributed by atoms with van der Waals surface area (Å²) in [6.07, 6.45) is 0.907. The molecule has 3 nitrogen and oxygen atoms in total. The number of ether oxygens (including phenoxy) is 1. The summed E-state index contributed by atoms with van der Waals surface area (Å²) in [4.78, 5) is 12.5. The van der Waals surface area contributed by atoms with E-state index in [1.54, 1.807) is 0 Å². The molecule has 0 aliphatic rings. The van der Waals surface area contributed by atoms with E-state index in [0.717, 1.165) is 17.7 Å². The van der Waals surface area contributed by atoms with Gasteiger partial charge in [-0.3, -0.25) is 4.79 Å². The Hall–Kier alpha value is -2.29. The van der Waals surface area contributed by atoms with Gasteiger partial charge in [-0.05, 0) is 55.5 Å². The van der Waals surface area contributed by atoms with Crippen LogP contribution in [0.5, 0.6) is 5.75 Å². The molecule has 3 heteroatoms. The molecule has 0 spiro atoms. The predicted molar refractivity (Wildman–Crippen MR) is 103 cm³/mol. The summed E-state index contributed by atoms with van der Waals surface area (Å²) >= 11 is 0. The minimum absolute atomic E-state index is 0.0520. The van der Waals surface area contributed by atoms with Gasteiger partial charge in [-0.1, -0.05) is 51.1 Å². The Morgan fingerprint density at radius 3 is 2.08 bits per heavy atom. The first-order chi connectivity index (χ1) is 11.6. The van der Waals surface area contributed by atoms with Gasteiger partial charge in [0.05, 0.1) is 0 Å². The molecule has 2 aromatic carbocycles. The van der Waals surface area contributed by atoms with Gasteiger partial charge in [0.1, 0.15) is 12.4 Å². The van der Waals surface area contributed by atoms with Gasteiger partial charge < -0.3 is 10.1 Å². The summed E-state index contributed by atoms with van der Waals surface area (Å²) in [6.45, 7) is 11.2. The molecule has 0 atom stereocenters. The maximum absolute atomic E-state index is 12.5. The van der Waals surface area contributed by atoms with Gasteiger partial charge in [0.15, 0.2) is 0 Å². The molecular formula is C22H29NO2. The van der Waals surface area contributed by atoms with E-state index in [4.69, 9.17) is 4.74 Å². The van der Waals surface area contributed by atoms with Crippen molar-refractivity contribution in [2.45, 2.75) is 53.2 Å². The molecule has 0 aliphatic carbocycles. The number of carbonyl (C=O) groups is 1. The lowest BCUT2D eigenvalue weighted by Crippen LogP contribution is -2.45. The van der Waals surface area contributed by atoms with E-state index in [-0.39, 0.29) is 16.9 Å². The van der Waals surface area contributed by atoms with E-state index in [1.165, 1.54) is 0 Å². The fourth-order valence-electron chi connectivity index (χ4n) is 3.19. The van der Waals surface area contributed by atoms with Gasteiger partial charge in [0, 0.05) is 11.1 Å².